The number of hydrogen-bond donors (Lipinski definition) is 1. The Morgan fingerprint density at radius 1 is 1.05 bits per heavy atom. The Bertz CT molecular complexity index is 756. The number of benzene rings is 2. The summed E-state index contributed by atoms with van der Waals surface area (Å²) in [5.74, 6) is 0.770. The second-order valence-corrected chi connectivity index (χ2v) is 6.82. The monoisotopic (exact) mass is 276 g/mol. The summed E-state index contributed by atoms with van der Waals surface area (Å²) >= 11 is 0. The van der Waals surface area contributed by atoms with Gasteiger partial charge in [0.2, 0.25) is 0 Å². The van der Waals surface area contributed by atoms with Crippen LogP contribution in [0.25, 0.3) is 5.57 Å². The van der Waals surface area contributed by atoms with Crippen LogP contribution in [0.3, 0.4) is 0 Å². The molecule has 2 aliphatic carbocycles. The van der Waals surface area contributed by atoms with E-state index in [1.54, 1.807) is 0 Å². The number of aromatic hydroxyl groups is 1. The van der Waals surface area contributed by atoms with Crippen molar-refractivity contribution in [3.8, 4) is 5.75 Å². The highest BCUT2D eigenvalue weighted by Crippen LogP contribution is 2.52. The van der Waals surface area contributed by atoms with Gasteiger partial charge in [0.25, 0.3) is 0 Å². The molecular weight excluding hydrogens is 256 g/mol. The zero-order chi connectivity index (χ0) is 14.6. The molecular formula is C20H20O. The zero-order valence-corrected chi connectivity index (χ0v) is 12.6. The Morgan fingerprint density at radius 3 is 2.67 bits per heavy atom. The van der Waals surface area contributed by atoms with Crippen molar-refractivity contribution < 1.29 is 5.11 Å². The van der Waals surface area contributed by atoms with E-state index in [0.29, 0.717) is 11.7 Å². The zero-order valence-electron chi connectivity index (χ0n) is 12.6. The highest BCUT2D eigenvalue weighted by molar-refractivity contribution is 5.79. The molecule has 2 aromatic rings. The van der Waals surface area contributed by atoms with E-state index in [-0.39, 0.29) is 5.41 Å². The SMILES string of the molecule is CC1C=C2c3ccccc3CC2(C)Cc2cc(O)ccc21. The molecule has 106 valence electrons. The second kappa shape index (κ2) is 4.24. The summed E-state index contributed by atoms with van der Waals surface area (Å²) in [6, 6.07) is 14.6. The lowest BCUT2D eigenvalue weighted by Crippen LogP contribution is -2.18. The third kappa shape index (κ3) is 1.84. The molecule has 0 aromatic heterocycles. The van der Waals surface area contributed by atoms with E-state index in [4.69, 9.17) is 0 Å². The van der Waals surface area contributed by atoms with Crippen LogP contribution in [0, 0.1) is 5.41 Å². The summed E-state index contributed by atoms with van der Waals surface area (Å²) in [4.78, 5) is 0. The number of phenols is 1. The minimum atomic E-state index is 0.150. The molecule has 0 amide bonds. The first-order chi connectivity index (χ1) is 10.1. The van der Waals surface area contributed by atoms with E-state index >= 15 is 0 Å². The lowest BCUT2D eigenvalue weighted by Gasteiger charge is -2.25. The third-order valence-corrected chi connectivity index (χ3v) is 5.15. The van der Waals surface area contributed by atoms with Crippen molar-refractivity contribution in [2.24, 2.45) is 5.41 Å². The van der Waals surface area contributed by atoms with Gasteiger partial charge in [-0.15, -0.1) is 0 Å². The van der Waals surface area contributed by atoms with Crippen LogP contribution in [0.1, 0.15) is 42.0 Å². The Morgan fingerprint density at radius 2 is 1.81 bits per heavy atom. The van der Waals surface area contributed by atoms with Crippen LogP contribution in [0.4, 0.5) is 0 Å². The maximum Gasteiger partial charge on any atom is 0.115 e. The number of phenolic OH excluding ortho intramolecular Hbond substituents is 1. The van der Waals surface area contributed by atoms with Gasteiger partial charge >= 0.3 is 0 Å². The molecule has 0 heterocycles. The third-order valence-electron chi connectivity index (χ3n) is 5.15. The first-order valence-corrected chi connectivity index (χ1v) is 7.69. The van der Waals surface area contributed by atoms with Gasteiger partial charge in [0.1, 0.15) is 5.75 Å². The average Bonchev–Trinajstić information content (AvgIpc) is 2.65. The predicted octanol–water partition coefficient (Wildman–Crippen LogP) is 4.70. The van der Waals surface area contributed by atoms with E-state index in [1.165, 1.54) is 27.8 Å². The van der Waals surface area contributed by atoms with Gasteiger partial charge in [0, 0.05) is 5.41 Å². The Hall–Kier alpha value is -2.02. The van der Waals surface area contributed by atoms with Crippen LogP contribution in [-0.4, -0.2) is 5.11 Å². The molecule has 0 bridgehead atoms. The standard InChI is InChI=1S/C20H20O/c1-13-9-19-18-6-4-3-5-14(18)11-20(19,2)12-15-10-16(21)7-8-17(13)15/h3-10,13,21H,11-12H2,1-2H3. The molecule has 0 aliphatic heterocycles. The first-order valence-electron chi connectivity index (χ1n) is 7.69. The molecule has 0 saturated carbocycles. The largest absolute Gasteiger partial charge is 0.508 e. The highest BCUT2D eigenvalue weighted by Gasteiger charge is 2.40. The van der Waals surface area contributed by atoms with Gasteiger partial charge in [-0.25, -0.2) is 0 Å². The Labute approximate surface area is 126 Å². The summed E-state index contributed by atoms with van der Waals surface area (Å²) < 4.78 is 0. The molecule has 1 heteroatoms. The molecule has 0 radical (unpaired) electrons. The van der Waals surface area contributed by atoms with E-state index in [0.717, 1.165) is 12.8 Å². The second-order valence-electron chi connectivity index (χ2n) is 6.82. The van der Waals surface area contributed by atoms with E-state index in [2.05, 4.69) is 50.3 Å². The van der Waals surface area contributed by atoms with Crippen LogP contribution < -0.4 is 0 Å². The molecule has 1 nitrogen and oxygen atoms in total. The van der Waals surface area contributed by atoms with Gasteiger partial charge in [-0.2, -0.15) is 0 Å². The fourth-order valence-corrected chi connectivity index (χ4v) is 4.18. The number of hydrogen-bond acceptors (Lipinski definition) is 1. The molecule has 2 aliphatic rings. The summed E-state index contributed by atoms with van der Waals surface area (Å²) in [5, 5.41) is 9.85. The van der Waals surface area contributed by atoms with Gasteiger partial charge in [-0.05, 0) is 58.7 Å². The van der Waals surface area contributed by atoms with Crippen molar-refractivity contribution in [1.82, 2.24) is 0 Å². The van der Waals surface area contributed by atoms with Gasteiger partial charge in [-0.1, -0.05) is 50.3 Å². The molecule has 2 atom stereocenters. The normalized spacial score (nSPS) is 26.4. The molecule has 0 saturated heterocycles. The molecule has 2 unspecified atom stereocenters. The van der Waals surface area contributed by atoms with E-state index in [1.807, 2.05) is 12.1 Å². The first kappa shape index (κ1) is 12.7. The van der Waals surface area contributed by atoms with Gasteiger partial charge in [0.15, 0.2) is 0 Å². The Kier molecular flexibility index (Phi) is 2.56. The molecule has 4 rings (SSSR count). The number of fused-ring (bicyclic) bond motifs is 4. The minimum absolute atomic E-state index is 0.150. The van der Waals surface area contributed by atoms with Crippen molar-refractivity contribution >= 4 is 5.57 Å². The summed E-state index contributed by atoms with van der Waals surface area (Å²) in [6.45, 7) is 4.63. The predicted molar refractivity (Wildman–Crippen MR) is 86.5 cm³/mol. The fourth-order valence-electron chi connectivity index (χ4n) is 4.18. The molecule has 1 N–H and O–H groups in total. The average molecular weight is 276 g/mol. The van der Waals surface area contributed by atoms with Crippen molar-refractivity contribution in [3.05, 3.63) is 70.8 Å². The molecule has 21 heavy (non-hydrogen) atoms. The minimum Gasteiger partial charge on any atom is -0.508 e. The molecule has 2 aromatic carbocycles. The highest BCUT2D eigenvalue weighted by atomic mass is 16.3. The lowest BCUT2D eigenvalue weighted by molar-refractivity contribution is 0.453. The van der Waals surface area contributed by atoms with Crippen LogP contribution in [0.2, 0.25) is 0 Å². The van der Waals surface area contributed by atoms with Crippen LogP contribution in [-0.2, 0) is 12.8 Å². The lowest BCUT2D eigenvalue weighted by atomic mass is 9.78. The summed E-state index contributed by atoms with van der Waals surface area (Å²) in [6.07, 6.45) is 4.53. The van der Waals surface area contributed by atoms with Crippen molar-refractivity contribution in [2.45, 2.75) is 32.6 Å². The summed E-state index contributed by atoms with van der Waals surface area (Å²) in [5.41, 5.74) is 7.17. The summed E-state index contributed by atoms with van der Waals surface area (Å²) in [7, 11) is 0. The number of allylic oxidation sites excluding steroid dienone is 2. The van der Waals surface area contributed by atoms with Crippen molar-refractivity contribution in [2.75, 3.05) is 0 Å². The van der Waals surface area contributed by atoms with Crippen LogP contribution in [0.5, 0.6) is 5.75 Å². The van der Waals surface area contributed by atoms with Gasteiger partial charge in [-0.3, -0.25) is 0 Å². The van der Waals surface area contributed by atoms with E-state index < -0.39 is 0 Å². The van der Waals surface area contributed by atoms with E-state index in [9.17, 15) is 5.11 Å². The van der Waals surface area contributed by atoms with Crippen molar-refractivity contribution in [3.63, 3.8) is 0 Å². The van der Waals surface area contributed by atoms with Crippen LogP contribution >= 0.6 is 0 Å². The quantitative estimate of drug-likeness (QED) is 0.739. The smallest absolute Gasteiger partial charge is 0.115 e. The molecule has 0 fully saturated rings. The maximum absolute atomic E-state index is 9.85. The van der Waals surface area contributed by atoms with Gasteiger partial charge < -0.3 is 5.11 Å². The maximum atomic E-state index is 9.85. The Balaban J connectivity index is 1.91. The van der Waals surface area contributed by atoms with Gasteiger partial charge in [0.05, 0.1) is 0 Å². The van der Waals surface area contributed by atoms with Crippen LogP contribution in [0.15, 0.2) is 48.5 Å². The fraction of sp³-hybridized carbons (Fsp3) is 0.300. The van der Waals surface area contributed by atoms with Crippen molar-refractivity contribution in [1.29, 1.82) is 0 Å². The molecule has 0 spiro atoms. The number of rotatable bonds is 0. The topological polar surface area (TPSA) is 20.2 Å².